The standard InChI is InChI=1S/C29H26O7S/c1-16(27(32)33)4-2-3-5-20(37)12-17-6-9-22-21(13-17)28(34)36-29(22)23-10-7-18(30)14-25(23)35-26-15-19(31)8-11-24(26)29/h6-11,13-16,30-31H,2-5,12H2,1H3,(H,32,33)/t16-/m0/s1. The van der Waals surface area contributed by atoms with Gasteiger partial charge in [-0.15, -0.1) is 0 Å². The fourth-order valence-electron chi connectivity index (χ4n) is 5.07. The minimum absolute atomic E-state index is 0.00308. The number of rotatable bonds is 8. The number of aromatic hydroxyl groups is 2. The van der Waals surface area contributed by atoms with E-state index in [1.165, 1.54) is 24.3 Å². The van der Waals surface area contributed by atoms with Gasteiger partial charge >= 0.3 is 11.9 Å². The Balaban J connectivity index is 1.43. The number of hydrogen-bond donors (Lipinski definition) is 3. The lowest BCUT2D eigenvalue weighted by Crippen LogP contribution is -2.32. The minimum atomic E-state index is -1.28. The van der Waals surface area contributed by atoms with Crippen LogP contribution in [0.25, 0.3) is 0 Å². The third kappa shape index (κ3) is 4.42. The lowest BCUT2D eigenvalue weighted by Gasteiger charge is -2.36. The van der Waals surface area contributed by atoms with Crippen LogP contribution in [-0.4, -0.2) is 32.1 Å². The average molecular weight is 519 g/mol. The molecular weight excluding hydrogens is 492 g/mol. The molecule has 0 bridgehead atoms. The predicted octanol–water partition coefficient (Wildman–Crippen LogP) is 5.86. The fraction of sp³-hybridized carbons (Fsp3) is 0.276. The molecule has 190 valence electrons. The van der Waals surface area contributed by atoms with Gasteiger partial charge in [0, 0.05) is 35.2 Å². The first-order valence-electron chi connectivity index (χ1n) is 12.1. The molecule has 3 N–H and O–H groups in total. The molecule has 0 saturated carbocycles. The SMILES string of the molecule is C[C@@H](CCCCC(=S)Cc1ccc2c(c1)C(=O)OC21c2ccc(O)cc2Oc2cc(O)ccc21)C(=O)O. The molecule has 3 aromatic rings. The number of hydrogen-bond acceptors (Lipinski definition) is 7. The number of carbonyl (C=O) groups is 2. The molecule has 3 aromatic carbocycles. The van der Waals surface area contributed by atoms with Gasteiger partial charge in [-0.05, 0) is 60.0 Å². The van der Waals surface area contributed by atoms with Gasteiger partial charge in [0.05, 0.1) is 11.5 Å². The van der Waals surface area contributed by atoms with Crippen molar-refractivity contribution >= 4 is 29.0 Å². The third-order valence-electron chi connectivity index (χ3n) is 7.00. The molecule has 7 nitrogen and oxygen atoms in total. The maximum Gasteiger partial charge on any atom is 0.340 e. The van der Waals surface area contributed by atoms with E-state index >= 15 is 0 Å². The number of phenolic OH excluding ortho intramolecular Hbond substituents is 2. The number of carbonyl (C=O) groups excluding carboxylic acids is 1. The lowest BCUT2D eigenvalue weighted by molar-refractivity contribution is -0.141. The molecule has 2 aliphatic rings. The Kier molecular flexibility index (Phi) is 6.37. The number of fused-ring (bicyclic) bond motifs is 6. The topological polar surface area (TPSA) is 113 Å². The molecule has 1 spiro atoms. The molecule has 0 aromatic heterocycles. The molecule has 2 heterocycles. The van der Waals surface area contributed by atoms with Gasteiger partial charge in [0.2, 0.25) is 0 Å². The van der Waals surface area contributed by atoms with Gasteiger partial charge in [-0.1, -0.05) is 37.7 Å². The van der Waals surface area contributed by atoms with Crippen molar-refractivity contribution in [1.82, 2.24) is 0 Å². The molecule has 0 amide bonds. The van der Waals surface area contributed by atoms with Gasteiger partial charge in [0.15, 0.2) is 5.60 Å². The molecule has 2 aliphatic heterocycles. The van der Waals surface area contributed by atoms with E-state index in [-0.39, 0.29) is 17.4 Å². The molecule has 37 heavy (non-hydrogen) atoms. The second-order valence-corrected chi connectivity index (χ2v) is 10.2. The van der Waals surface area contributed by atoms with E-state index in [0.717, 1.165) is 23.3 Å². The van der Waals surface area contributed by atoms with E-state index in [2.05, 4.69) is 0 Å². The van der Waals surface area contributed by atoms with Crippen LogP contribution < -0.4 is 4.74 Å². The van der Waals surface area contributed by atoms with Crippen molar-refractivity contribution in [3.63, 3.8) is 0 Å². The number of phenols is 2. The second-order valence-electron chi connectivity index (χ2n) is 9.61. The van der Waals surface area contributed by atoms with Gasteiger partial charge in [-0.3, -0.25) is 4.79 Å². The number of aliphatic carboxylic acids is 1. The lowest BCUT2D eigenvalue weighted by atomic mass is 9.77. The Hall–Kier alpha value is -3.91. The van der Waals surface area contributed by atoms with E-state index in [4.69, 9.17) is 26.8 Å². The quantitative estimate of drug-likeness (QED) is 0.193. The summed E-state index contributed by atoms with van der Waals surface area (Å²) in [6.07, 6.45) is 3.46. The Labute approximate surface area is 219 Å². The monoisotopic (exact) mass is 518 g/mol. The van der Waals surface area contributed by atoms with Crippen LogP contribution in [-0.2, 0) is 21.6 Å². The smallest absolute Gasteiger partial charge is 0.340 e. The Morgan fingerprint density at radius 3 is 2.19 bits per heavy atom. The van der Waals surface area contributed by atoms with Crippen LogP contribution in [0.3, 0.4) is 0 Å². The first-order chi connectivity index (χ1) is 17.7. The largest absolute Gasteiger partial charge is 0.508 e. The van der Waals surface area contributed by atoms with E-state index in [9.17, 15) is 19.8 Å². The van der Waals surface area contributed by atoms with Crippen LogP contribution in [0.4, 0.5) is 0 Å². The highest BCUT2D eigenvalue weighted by Crippen LogP contribution is 2.57. The minimum Gasteiger partial charge on any atom is -0.508 e. The molecule has 1 atom stereocenters. The number of unbranched alkanes of at least 4 members (excludes halogenated alkanes) is 1. The van der Waals surface area contributed by atoms with E-state index in [1.807, 2.05) is 12.1 Å². The van der Waals surface area contributed by atoms with Crippen LogP contribution in [0.2, 0.25) is 0 Å². The number of esters is 1. The summed E-state index contributed by atoms with van der Waals surface area (Å²) in [5.74, 6) is -0.953. The van der Waals surface area contributed by atoms with Crippen LogP contribution in [0.1, 0.15) is 65.2 Å². The highest BCUT2D eigenvalue weighted by molar-refractivity contribution is 7.80. The molecule has 0 radical (unpaired) electrons. The average Bonchev–Trinajstić information content (AvgIpc) is 3.13. The highest BCUT2D eigenvalue weighted by atomic mass is 32.1. The van der Waals surface area contributed by atoms with Crippen LogP contribution in [0.5, 0.6) is 23.0 Å². The number of thiocarbonyl (C=S) groups is 1. The van der Waals surface area contributed by atoms with Crippen LogP contribution >= 0.6 is 12.2 Å². The number of ether oxygens (including phenoxy) is 2. The first kappa shape index (κ1) is 24.8. The highest BCUT2D eigenvalue weighted by Gasteiger charge is 2.53. The summed E-state index contributed by atoms with van der Waals surface area (Å²) in [4.78, 5) is 25.0. The fourth-order valence-corrected chi connectivity index (χ4v) is 5.39. The second kappa shape index (κ2) is 9.52. The Bertz CT molecular complexity index is 1380. The summed E-state index contributed by atoms with van der Waals surface area (Å²) in [5, 5.41) is 29.1. The van der Waals surface area contributed by atoms with E-state index in [1.54, 1.807) is 25.1 Å². The Morgan fingerprint density at radius 1 is 0.946 bits per heavy atom. The zero-order valence-corrected chi connectivity index (χ0v) is 21.0. The van der Waals surface area contributed by atoms with E-state index in [0.29, 0.717) is 53.0 Å². The van der Waals surface area contributed by atoms with Crippen molar-refractivity contribution < 1.29 is 34.4 Å². The third-order valence-corrected chi connectivity index (χ3v) is 7.35. The van der Waals surface area contributed by atoms with Gasteiger partial charge in [-0.25, -0.2) is 4.79 Å². The maximum absolute atomic E-state index is 13.2. The van der Waals surface area contributed by atoms with Gasteiger partial charge < -0.3 is 24.8 Å². The summed E-state index contributed by atoms with van der Waals surface area (Å²) in [6.45, 7) is 1.71. The molecule has 0 fully saturated rings. The number of carboxylic acid groups (broad SMARTS) is 1. The van der Waals surface area contributed by atoms with Crippen molar-refractivity contribution in [2.24, 2.45) is 5.92 Å². The molecule has 0 unspecified atom stereocenters. The molecule has 0 saturated heterocycles. The Morgan fingerprint density at radius 2 is 1.57 bits per heavy atom. The summed E-state index contributed by atoms with van der Waals surface area (Å²) in [7, 11) is 0. The summed E-state index contributed by atoms with van der Waals surface area (Å²) >= 11 is 5.57. The van der Waals surface area contributed by atoms with Crippen LogP contribution in [0, 0.1) is 5.92 Å². The van der Waals surface area contributed by atoms with Gasteiger partial charge in [-0.2, -0.15) is 0 Å². The number of carboxylic acids is 1. The van der Waals surface area contributed by atoms with Crippen molar-refractivity contribution in [3.05, 3.63) is 82.4 Å². The molecule has 0 aliphatic carbocycles. The molecular formula is C29H26O7S. The van der Waals surface area contributed by atoms with Crippen molar-refractivity contribution in [2.75, 3.05) is 0 Å². The van der Waals surface area contributed by atoms with Gasteiger partial charge in [0.1, 0.15) is 23.0 Å². The number of benzene rings is 3. The first-order valence-corrected chi connectivity index (χ1v) is 12.6. The molecule has 5 rings (SSSR count). The zero-order chi connectivity index (χ0) is 26.3. The van der Waals surface area contributed by atoms with Crippen molar-refractivity contribution in [3.8, 4) is 23.0 Å². The predicted molar refractivity (Wildman–Crippen MR) is 140 cm³/mol. The van der Waals surface area contributed by atoms with Crippen molar-refractivity contribution in [2.45, 2.75) is 44.6 Å². The van der Waals surface area contributed by atoms with Crippen molar-refractivity contribution in [1.29, 1.82) is 0 Å². The summed E-state index contributed by atoms with van der Waals surface area (Å²) in [5.41, 5.74) is 1.84. The van der Waals surface area contributed by atoms with Crippen LogP contribution in [0.15, 0.2) is 54.6 Å². The summed E-state index contributed by atoms with van der Waals surface area (Å²) in [6, 6.07) is 14.9. The normalized spacial score (nSPS) is 15.2. The maximum atomic E-state index is 13.2. The van der Waals surface area contributed by atoms with E-state index < -0.39 is 17.5 Å². The molecule has 8 heteroatoms. The summed E-state index contributed by atoms with van der Waals surface area (Å²) < 4.78 is 12.1. The van der Waals surface area contributed by atoms with Gasteiger partial charge in [0.25, 0.3) is 0 Å². The zero-order valence-electron chi connectivity index (χ0n) is 20.2.